The van der Waals surface area contributed by atoms with Crippen LogP contribution in [0.1, 0.15) is 59.4 Å². The molecule has 0 atom stereocenters. The minimum Gasteiger partial charge on any atom is -0.350 e. The van der Waals surface area contributed by atoms with Crippen molar-refractivity contribution in [3.8, 4) is 0 Å². The number of amides is 1. The number of aromatic amines is 1. The zero-order chi connectivity index (χ0) is 18.8. The summed E-state index contributed by atoms with van der Waals surface area (Å²) in [5, 5.41) is 1.14. The molecular weight excluding hydrogens is 334 g/mol. The summed E-state index contributed by atoms with van der Waals surface area (Å²) in [6.07, 6.45) is 7.62. The molecule has 1 saturated carbocycles. The van der Waals surface area contributed by atoms with Crippen molar-refractivity contribution >= 4 is 16.8 Å². The fourth-order valence-electron chi connectivity index (χ4n) is 4.22. The number of nitrogens with one attached hydrogen (secondary N) is 1. The van der Waals surface area contributed by atoms with Crippen LogP contribution in [-0.2, 0) is 6.54 Å². The molecule has 4 nitrogen and oxygen atoms in total. The molecule has 4 heteroatoms. The average Bonchev–Trinajstić information content (AvgIpc) is 3.03. The van der Waals surface area contributed by atoms with Crippen LogP contribution in [0.15, 0.2) is 42.6 Å². The molecule has 0 saturated heterocycles. The second-order valence-electron chi connectivity index (χ2n) is 7.72. The molecule has 1 aliphatic rings. The van der Waals surface area contributed by atoms with E-state index in [1.165, 1.54) is 24.8 Å². The number of nitrogens with zero attached hydrogens (tertiary/aromatic N) is 2. The summed E-state index contributed by atoms with van der Waals surface area (Å²) in [5.74, 6) is 0.0962. The minimum atomic E-state index is 0.0962. The van der Waals surface area contributed by atoms with Crippen molar-refractivity contribution in [3.05, 3.63) is 65.1 Å². The lowest BCUT2D eigenvalue weighted by atomic mass is 9.93. The second kappa shape index (κ2) is 7.55. The van der Waals surface area contributed by atoms with E-state index >= 15 is 0 Å². The smallest absolute Gasteiger partial charge is 0.271 e. The van der Waals surface area contributed by atoms with Crippen LogP contribution in [-0.4, -0.2) is 26.8 Å². The molecule has 1 fully saturated rings. The molecule has 1 N–H and O–H groups in total. The van der Waals surface area contributed by atoms with Crippen molar-refractivity contribution in [3.63, 3.8) is 0 Å². The number of aromatic nitrogens is 2. The highest BCUT2D eigenvalue weighted by atomic mass is 16.2. The highest BCUT2D eigenvalue weighted by Gasteiger charge is 2.29. The van der Waals surface area contributed by atoms with Crippen LogP contribution in [0.2, 0.25) is 0 Å². The molecule has 3 aromatic rings. The van der Waals surface area contributed by atoms with E-state index in [1.54, 1.807) is 6.20 Å². The van der Waals surface area contributed by atoms with E-state index < -0.39 is 0 Å². The molecule has 1 aromatic carbocycles. The number of H-pyrrole nitrogens is 1. The van der Waals surface area contributed by atoms with Gasteiger partial charge in [-0.05, 0) is 56.5 Å². The topological polar surface area (TPSA) is 49.0 Å². The average molecular weight is 361 g/mol. The molecule has 1 amide bonds. The van der Waals surface area contributed by atoms with Gasteiger partial charge in [0.25, 0.3) is 5.91 Å². The summed E-state index contributed by atoms with van der Waals surface area (Å²) in [6.45, 7) is 4.70. The number of rotatable bonds is 4. The number of fused-ring (bicyclic) bond motifs is 1. The van der Waals surface area contributed by atoms with Gasteiger partial charge in [-0.2, -0.15) is 0 Å². The second-order valence-corrected chi connectivity index (χ2v) is 7.72. The Balaban J connectivity index is 1.70. The highest BCUT2D eigenvalue weighted by Crippen LogP contribution is 2.28. The highest BCUT2D eigenvalue weighted by molar-refractivity contribution is 6.01. The van der Waals surface area contributed by atoms with Gasteiger partial charge in [-0.25, -0.2) is 0 Å². The first-order chi connectivity index (χ1) is 13.1. The van der Waals surface area contributed by atoms with E-state index in [1.807, 2.05) is 30.0 Å². The predicted molar refractivity (Wildman–Crippen MR) is 109 cm³/mol. The predicted octanol–water partition coefficient (Wildman–Crippen LogP) is 5.15. The van der Waals surface area contributed by atoms with Gasteiger partial charge in [-0.3, -0.25) is 9.78 Å². The van der Waals surface area contributed by atoms with Gasteiger partial charge in [0.2, 0.25) is 0 Å². The Kier molecular flexibility index (Phi) is 4.97. The van der Waals surface area contributed by atoms with Crippen LogP contribution in [0, 0.1) is 13.8 Å². The van der Waals surface area contributed by atoms with Crippen LogP contribution in [0.5, 0.6) is 0 Å². The Morgan fingerprint density at radius 3 is 2.70 bits per heavy atom. The maximum atomic E-state index is 13.6. The molecule has 0 unspecified atom stereocenters. The van der Waals surface area contributed by atoms with Crippen molar-refractivity contribution in [2.45, 2.75) is 58.5 Å². The maximum absolute atomic E-state index is 13.6. The van der Waals surface area contributed by atoms with E-state index in [9.17, 15) is 4.79 Å². The third-order valence-electron chi connectivity index (χ3n) is 5.76. The number of benzene rings is 1. The number of carbonyl (C=O) groups is 1. The van der Waals surface area contributed by atoms with Crippen LogP contribution >= 0.6 is 0 Å². The summed E-state index contributed by atoms with van der Waals surface area (Å²) in [6, 6.07) is 12.5. The SMILES string of the molecule is Cc1ccc2[nH]c(C(=O)N(Cc3ccccn3)C3CCCCC3)c(C)c2c1. The van der Waals surface area contributed by atoms with Crippen molar-refractivity contribution in [1.82, 2.24) is 14.9 Å². The van der Waals surface area contributed by atoms with Gasteiger partial charge in [0.15, 0.2) is 0 Å². The molecule has 1 aliphatic carbocycles. The van der Waals surface area contributed by atoms with E-state index in [2.05, 4.69) is 35.1 Å². The van der Waals surface area contributed by atoms with Gasteiger partial charge in [0, 0.05) is 23.1 Å². The summed E-state index contributed by atoms with van der Waals surface area (Å²) in [4.78, 5) is 23.5. The quantitative estimate of drug-likeness (QED) is 0.698. The van der Waals surface area contributed by atoms with Crippen molar-refractivity contribution in [2.75, 3.05) is 0 Å². The molecule has 0 bridgehead atoms. The van der Waals surface area contributed by atoms with Crippen LogP contribution in [0.25, 0.3) is 10.9 Å². The van der Waals surface area contributed by atoms with Gasteiger partial charge in [0.05, 0.1) is 12.2 Å². The standard InChI is InChI=1S/C23H27N3O/c1-16-11-12-21-20(14-16)17(2)22(25-21)23(27)26(19-9-4-3-5-10-19)15-18-8-6-7-13-24-18/h6-8,11-14,19,25H,3-5,9-10,15H2,1-2H3. The minimum absolute atomic E-state index is 0.0962. The zero-order valence-corrected chi connectivity index (χ0v) is 16.2. The van der Waals surface area contributed by atoms with Gasteiger partial charge in [-0.15, -0.1) is 0 Å². The Bertz CT molecular complexity index is 939. The summed E-state index contributed by atoms with van der Waals surface area (Å²) < 4.78 is 0. The fraction of sp³-hybridized carbons (Fsp3) is 0.391. The van der Waals surface area contributed by atoms with Gasteiger partial charge < -0.3 is 9.88 Å². The number of carbonyl (C=O) groups excluding carboxylic acids is 1. The number of hydrogen-bond donors (Lipinski definition) is 1. The summed E-state index contributed by atoms with van der Waals surface area (Å²) in [5.41, 5.74) is 4.95. The molecular formula is C23H27N3O. The third-order valence-corrected chi connectivity index (χ3v) is 5.76. The van der Waals surface area contributed by atoms with Gasteiger partial charge >= 0.3 is 0 Å². The normalized spacial score (nSPS) is 15.2. The Morgan fingerprint density at radius 2 is 1.96 bits per heavy atom. The van der Waals surface area contributed by atoms with Crippen molar-refractivity contribution in [2.24, 2.45) is 0 Å². The zero-order valence-electron chi connectivity index (χ0n) is 16.2. The maximum Gasteiger partial charge on any atom is 0.271 e. The molecule has 2 aromatic heterocycles. The molecule has 0 spiro atoms. The van der Waals surface area contributed by atoms with Gasteiger partial charge in [-0.1, -0.05) is 37.0 Å². The van der Waals surface area contributed by atoms with Gasteiger partial charge in [0.1, 0.15) is 5.69 Å². The fourth-order valence-corrected chi connectivity index (χ4v) is 4.22. The first-order valence-electron chi connectivity index (χ1n) is 9.93. The molecule has 140 valence electrons. The lowest BCUT2D eigenvalue weighted by molar-refractivity contribution is 0.0605. The van der Waals surface area contributed by atoms with Crippen LogP contribution in [0.4, 0.5) is 0 Å². The largest absolute Gasteiger partial charge is 0.350 e. The molecule has 4 rings (SSSR count). The monoisotopic (exact) mass is 361 g/mol. The summed E-state index contributed by atoms with van der Waals surface area (Å²) in [7, 11) is 0. The number of aryl methyl sites for hydroxylation is 2. The number of pyridine rings is 1. The molecule has 27 heavy (non-hydrogen) atoms. The van der Waals surface area contributed by atoms with E-state index in [-0.39, 0.29) is 5.91 Å². The Labute approximate surface area is 160 Å². The molecule has 0 radical (unpaired) electrons. The van der Waals surface area contributed by atoms with E-state index in [0.717, 1.165) is 40.7 Å². The first kappa shape index (κ1) is 17.8. The van der Waals surface area contributed by atoms with Crippen molar-refractivity contribution in [1.29, 1.82) is 0 Å². The number of hydrogen-bond acceptors (Lipinski definition) is 2. The lowest BCUT2D eigenvalue weighted by Crippen LogP contribution is -2.41. The van der Waals surface area contributed by atoms with Crippen LogP contribution < -0.4 is 0 Å². The molecule has 0 aliphatic heterocycles. The first-order valence-corrected chi connectivity index (χ1v) is 9.93. The Morgan fingerprint density at radius 1 is 1.15 bits per heavy atom. The van der Waals surface area contributed by atoms with E-state index in [0.29, 0.717) is 12.6 Å². The van der Waals surface area contributed by atoms with Crippen molar-refractivity contribution < 1.29 is 4.79 Å². The lowest BCUT2D eigenvalue weighted by Gasteiger charge is -2.34. The van der Waals surface area contributed by atoms with E-state index in [4.69, 9.17) is 0 Å². The summed E-state index contributed by atoms with van der Waals surface area (Å²) >= 11 is 0. The van der Waals surface area contributed by atoms with Crippen LogP contribution in [0.3, 0.4) is 0 Å². The Hall–Kier alpha value is -2.62. The molecule has 2 heterocycles. The third kappa shape index (κ3) is 3.61.